The zero-order chi connectivity index (χ0) is 11.4. The van der Waals surface area contributed by atoms with Gasteiger partial charge in [-0.05, 0) is 44.9 Å². The number of rotatable bonds is 4. The maximum atomic E-state index is 6.02. The standard InChI is InChI=1S/C13H22N2/c1-5-11(4)15(6-2)13-9-10(3)7-8-12(13)14/h7-9,11H,5-6,14H2,1-4H3. The van der Waals surface area contributed by atoms with Gasteiger partial charge in [0.15, 0.2) is 0 Å². The van der Waals surface area contributed by atoms with E-state index in [9.17, 15) is 0 Å². The fourth-order valence-corrected chi connectivity index (χ4v) is 1.84. The van der Waals surface area contributed by atoms with E-state index >= 15 is 0 Å². The molecule has 1 aromatic rings. The van der Waals surface area contributed by atoms with Crippen molar-refractivity contribution in [3.63, 3.8) is 0 Å². The van der Waals surface area contributed by atoms with Gasteiger partial charge in [-0.2, -0.15) is 0 Å². The maximum Gasteiger partial charge on any atom is 0.0604 e. The number of hydrogen-bond acceptors (Lipinski definition) is 2. The van der Waals surface area contributed by atoms with E-state index < -0.39 is 0 Å². The second-order valence-electron chi connectivity index (χ2n) is 4.11. The van der Waals surface area contributed by atoms with Crippen LogP contribution in [0.15, 0.2) is 18.2 Å². The predicted octanol–water partition coefficient (Wildman–Crippen LogP) is 3.20. The Balaban J connectivity index is 3.05. The number of hydrogen-bond donors (Lipinski definition) is 1. The van der Waals surface area contributed by atoms with Crippen LogP contribution >= 0.6 is 0 Å². The van der Waals surface area contributed by atoms with Crippen LogP contribution in [0, 0.1) is 6.92 Å². The molecule has 0 saturated carbocycles. The van der Waals surface area contributed by atoms with Crippen LogP contribution in [0.3, 0.4) is 0 Å². The predicted molar refractivity (Wildman–Crippen MR) is 68.4 cm³/mol. The molecule has 0 spiro atoms. The first kappa shape index (κ1) is 11.9. The van der Waals surface area contributed by atoms with Gasteiger partial charge in [-0.25, -0.2) is 0 Å². The van der Waals surface area contributed by atoms with Gasteiger partial charge in [0.25, 0.3) is 0 Å². The van der Waals surface area contributed by atoms with Gasteiger partial charge in [0, 0.05) is 12.6 Å². The molecule has 1 rings (SSSR count). The Hall–Kier alpha value is -1.18. The molecule has 0 aromatic heterocycles. The molecular formula is C13H22N2. The second kappa shape index (κ2) is 5.06. The Bertz CT molecular complexity index is 320. The molecule has 1 unspecified atom stereocenters. The fraction of sp³-hybridized carbons (Fsp3) is 0.538. The summed E-state index contributed by atoms with van der Waals surface area (Å²) in [7, 11) is 0. The van der Waals surface area contributed by atoms with Gasteiger partial charge >= 0.3 is 0 Å². The Morgan fingerprint density at radius 1 is 1.33 bits per heavy atom. The second-order valence-corrected chi connectivity index (χ2v) is 4.11. The largest absolute Gasteiger partial charge is 0.397 e. The molecule has 0 aliphatic heterocycles. The minimum atomic E-state index is 0.541. The summed E-state index contributed by atoms with van der Waals surface area (Å²) in [5.41, 5.74) is 9.33. The van der Waals surface area contributed by atoms with Gasteiger partial charge in [-0.3, -0.25) is 0 Å². The van der Waals surface area contributed by atoms with Crippen LogP contribution in [0.25, 0.3) is 0 Å². The molecule has 2 N–H and O–H groups in total. The van der Waals surface area contributed by atoms with Crippen molar-refractivity contribution in [3.05, 3.63) is 23.8 Å². The van der Waals surface area contributed by atoms with E-state index in [1.54, 1.807) is 0 Å². The van der Waals surface area contributed by atoms with Crippen LogP contribution in [-0.2, 0) is 0 Å². The summed E-state index contributed by atoms with van der Waals surface area (Å²) in [6.45, 7) is 9.73. The average molecular weight is 206 g/mol. The fourth-order valence-electron chi connectivity index (χ4n) is 1.84. The zero-order valence-corrected chi connectivity index (χ0v) is 10.2. The number of nitrogens with two attached hydrogens (primary N) is 1. The topological polar surface area (TPSA) is 29.3 Å². The van der Waals surface area contributed by atoms with Crippen LogP contribution in [0.4, 0.5) is 11.4 Å². The molecule has 0 aliphatic carbocycles. The van der Waals surface area contributed by atoms with Crippen molar-refractivity contribution < 1.29 is 0 Å². The molecule has 15 heavy (non-hydrogen) atoms. The molecular weight excluding hydrogens is 184 g/mol. The summed E-state index contributed by atoms with van der Waals surface area (Å²) in [6.07, 6.45) is 1.14. The number of benzene rings is 1. The Morgan fingerprint density at radius 2 is 2.00 bits per heavy atom. The Kier molecular flexibility index (Phi) is 4.01. The lowest BCUT2D eigenvalue weighted by atomic mass is 10.1. The third-order valence-corrected chi connectivity index (χ3v) is 2.96. The number of anilines is 2. The SMILES string of the molecule is CCC(C)N(CC)c1cc(C)ccc1N. The maximum absolute atomic E-state index is 6.02. The van der Waals surface area contributed by atoms with Crippen molar-refractivity contribution in [2.75, 3.05) is 17.2 Å². The Labute approximate surface area is 93.1 Å². The monoisotopic (exact) mass is 206 g/mol. The van der Waals surface area contributed by atoms with Crippen LogP contribution in [-0.4, -0.2) is 12.6 Å². The highest BCUT2D eigenvalue weighted by molar-refractivity contribution is 5.68. The molecule has 1 aromatic carbocycles. The van der Waals surface area contributed by atoms with Crippen molar-refractivity contribution in [2.24, 2.45) is 0 Å². The van der Waals surface area contributed by atoms with E-state index in [-0.39, 0.29) is 0 Å². The lowest BCUT2D eigenvalue weighted by molar-refractivity contribution is 0.630. The van der Waals surface area contributed by atoms with E-state index in [2.05, 4.69) is 44.7 Å². The normalized spacial score (nSPS) is 12.5. The summed E-state index contributed by atoms with van der Waals surface area (Å²) < 4.78 is 0. The summed E-state index contributed by atoms with van der Waals surface area (Å²) in [5, 5.41) is 0. The Morgan fingerprint density at radius 3 is 2.53 bits per heavy atom. The molecule has 0 saturated heterocycles. The highest BCUT2D eigenvalue weighted by Gasteiger charge is 2.13. The number of nitrogens with zero attached hydrogens (tertiary/aromatic N) is 1. The molecule has 1 atom stereocenters. The van der Waals surface area contributed by atoms with Crippen LogP contribution in [0.2, 0.25) is 0 Å². The van der Waals surface area contributed by atoms with E-state index in [0.29, 0.717) is 6.04 Å². The van der Waals surface area contributed by atoms with Crippen molar-refractivity contribution in [2.45, 2.75) is 40.2 Å². The first-order valence-corrected chi connectivity index (χ1v) is 5.72. The van der Waals surface area contributed by atoms with Crippen molar-refractivity contribution in [1.29, 1.82) is 0 Å². The van der Waals surface area contributed by atoms with Gasteiger partial charge < -0.3 is 10.6 Å². The average Bonchev–Trinajstić information content (AvgIpc) is 2.23. The number of nitrogen functional groups attached to an aromatic ring is 1. The van der Waals surface area contributed by atoms with E-state index in [0.717, 1.165) is 18.7 Å². The van der Waals surface area contributed by atoms with Gasteiger partial charge in [-0.15, -0.1) is 0 Å². The summed E-state index contributed by atoms with van der Waals surface area (Å²) in [4.78, 5) is 2.36. The zero-order valence-electron chi connectivity index (χ0n) is 10.2. The van der Waals surface area contributed by atoms with Gasteiger partial charge in [0.05, 0.1) is 11.4 Å². The number of aryl methyl sites for hydroxylation is 1. The third-order valence-electron chi connectivity index (χ3n) is 2.96. The summed E-state index contributed by atoms with van der Waals surface area (Å²) in [5.74, 6) is 0. The molecule has 0 heterocycles. The molecule has 0 radical (unpaired) electrons. The minimum Gasteiger partial charge on any atom is -0.397 e. The van der Waals surface area contributed by atoms with Crippen molar-refractivity contribution >= 4 is 11.4 Å². The molecule has 0 aliphatic rings. The first-order valence-electron chi connectivity index (χ1n) is 5.72. The van der Waals surface area contributed by atoms with Crippen molar-refractivity contribution in [3.8, 4) is 0 Å². The summed E-state index contributed by atoms with van der Waals surface area (Å²) >= 11 is 0. The lowest BCUT2D eigenvalue weighted by Crippen LogP contribution is -2.32. The molecule has 0 amide bonds. The molecule has 2 nitrogen and oxygen atoms in total. The molecule has 0 fully saturated rings. The van der Waals surface area contributed by atoms with E-state index in [1.165, 1.54) is 11.3 Å². The van der Waals surface area contributed by atoms with Gasteiger partial charge in [-0.1, -0.05) is 13.0 Å². The lowest BCUT2D eigenvalue weighted by Gasteiger charge is -2.30. The summed E-state index contributed by atoms with van der Waals surface area (Å²) in [6, 6.07) is 6.77. The quantitative estimate of drug-likeness (QED) is 0.766. The molecule has 0 bridgehead atoms. The molecule has 84 valence electrons. The smallest absolute Gasteiger partial charge is 0.0604 e. The van der Waals surface area contributed by atoms with E-state index in [1.807, 2.05) is 6.07 Å². The van der Waals surface area contributed by atoms with Gasteiger partial charge in [0.1, 0.15) is 0 Å². The van der Waals surface area contributed by atoms with Gasteiger partial charge in [0.2, 0.25) is 0 Å². The minimum absolute atomic E-state index is 0.541. The molecule has 2 heteroatoms. The van der Waals surface area contributed by atoms with E-state index in [4.69, 9.17) is 5.73 Å². The first-order chi connectivity index (χ1) is 7.10. The van der Waals surface area contributed by atoms with Crippen LogP contribution in [0.5, 0.6) is 0 Å². The highest BCUT2D eigenvalue weighted by atomic mass is 15.2. The highest BCUT2D eigenvalue weighted by Crippen LogP contribution is 2.26. The third kappa shape index (κ3) is 2.65. The van der Waals surface area contributed by atoms with Crippen molar-refractivity contribution in [1.82, 2.24) is 0 Å². The van der Waals surface area contributed by atoms with Crippen LogP contribution < -0.4 is 10.6 Å². The van der Waals surface area contributed by atoms with Crippen LogP contribution in [0.1, 0.15) is 32.8 Å².